The number of hydrogen-bond donors (Lipinski definition) is 3. The van der Waals surface area contributed by atoms with Crippen molar-refractivity contribution in [1.29, 1.82) is 0 Å². The quantitative estimate of drug-likeness (QED) is 0.678. The Morgan fingerprint density at radius 2 is 2.23 bits per heavy atom. The van der Waals surface area contributed by atoms with Crippen molar-refractivity contribution in [1.82, 2.24) is 16.0 Å². The van der Waals surface area contributed by atoms with Crippen molar-refractivity contribution < 1.29 is 23.1 Å². The first-order valence-electron chi connectivity index (χ1n) is 8.51. The third kappa shape index (κ3) is 4.24. The Labute approximate surface area is 154 Å². The number of ether oxygens (including phenoxy) is 1. The van der Waals surface area contributed by atoms with Crippen LogP contribution in [0.1, 0.15) is 30.9 Å². The second kappa shape index (κ2) is 8.18. The van der Waals surface area contributed by atoms with Crippen LogP contribution in [0, 0.1) is 17.6 Å². The molecule has 9 heteroatoms. The molecule has 2 fully saturated rings. The Hall–Kier alpha value is -1.93. The number of nitrogens with one attached hydrogen (secondary N) is 3. The second-order valence-corrected chi connectivity index (χ2v) is 6.93. The molecule has 2 saturated heterocycles. The van der Waals surface area contributed by atoms with Crippen LogP contribution in [0.4, 0.5) is 13.6 Å². The van der Waals surface area contributed by atoms with Crippen LogP contribution in [0.5, 0.6) is 0 Å². The van der Waals surface area contributed by atoms with Gasteiger partial charge in [0.05, 0.1) is 6.04 Å². The molecule has 2 heterocycles. The van der Waals surface area contributed by atoms with Crippen LogP contribution in [-0.4, -0.2) is 37.7 Å². The molecule has 1 aromatic carbocycles. The highest BCUT2D eigenvalue weighted by molar-refractivity contribution is 6.31. The van der Waals surface area contributed by atoms with Crippen molar-refractivity contribution in [2.45, 2.75) is 31.3 Å². The van der Waals surface area contributed by atoms with Gasteiger partial charge in [0.1, 0.15) is 22.7 Å². The van der Waals surface area contributed by atoms with Crippen LogP contribution < -0.4 is 16.0 Å². The van der Waals surface area contributed by atoms with E-state index in [2.05, 4.69) is 16.0 Å². The van der Waals surface area contributed by atoms with E-state index in [0.29, 0.717) is 19.6 Å². The van der Waals surface area contributed by atoms with Crippen molar-refractivity contribution >= 4 is 23.5 Å². The molecule has 142 valence electrons. The highest BCUT2D eigenvalue weighted by Crippen LogP contribution is 2.31. The fraction of sp³-hybridized carbons (Fsp3) is 0.529. The van der Waals surface area contributed by atoms with E-state index in [4.69, 9.17) is 16.3 Å². The van der Waals surface area contributed by atoms with Gasteiger partial charge < -0.3 is 20.7 Å². The largest absolute Gasteiger partial charge is 0.381 e. The zero-order chi connectivity index (χ0) is 18.7. The molecule has 0 radical (unpaired) electrons. The van der Waals surface area contributed by atoms with E-state index in [1.807, 2.05) is 0 Å². The van der Waals surface area contributed by atoms with Crippen molar-refractivity contribution in [2.24, 2.45) is 5.92 Å². The van der Waals surface area contributed by atoms with Gasteiger partial charge in [0, 0.05) is 25.3 Å². The average Bonchev–Trinajstić information content (AvgIpc) is 3.07. The number of carbonyl (C=O) groups excluding carboxylic acids is 2. The lowest BCUT2D eigenvalue weighted by atomic mass is 9.90. The Morgan fingerprint density at radius 1 is 1.42 bits per heavy atom. The third-order valence-electron chi connectivity index (χ3n) is 4.67. The summed E-state index contributed by atoms with van der Waals surface area (Å²) < 4.78 is 33.5. The van der Waals surface area contributed by atoms with Crippen LogP contribution in [0.2, 0.25) is 5.02 Å². The number of benzene rings is 1. The van der Waals surface area contributed by atoms with E-state index in [0.717, 1.165) is 18.9 Å². The van der Waals surface area contributed by atoms with Gasteiger partial charge in [-0.3, -0.25) is 4.79 Å². The molecule has 3 rings (SSSR count). The van der Waals surface area contributed by atoms with Crippen molar-refractivity contribution in [3.05, 3.63) is 34.4 Å². The van der Waals surface area contributed by atoms with Crippen LogP contribution >= 0.6 is 11.6 Å². The van der Waals surface area contributed by atoms with Gasteiger partial charge in [-0.25, -0.2) is 13.6 Å². The molecule has 6 nitrogen and oxygen atoms in total. The smallest absolute Gasteiger partial charge is 0.315 e. The molecule has 0 bridgehead atoms. The Bertz CT molecular complexity index is 698. The maximum Gasteiger partial charge on any atom is 0.315 e. The summed E-state index contributed by atoms with van der Waals surface area (Å²) in [6, 6.07) is 0.488. The fourth-order valence-electron chi connectivity index (χ4n) is 3.29. The molecular weight excluding hydrogens is 368 g/mol. The summed E-state index contributed by atoms with van der Waals surface area (Å²) in [4.78, 5) is 23.7. The minimum absolute atomic E-state index is 0.118. The average molecular weight is 388 g/mol. The van der Waals surface area contributed by atoms with Crippen LogP contribution in [0.25, 0.3) is 0 Å². The molecule has 3 atom stereocenters. The molecule has 1 aromatic rings. The van der Waals surface area contributed by atoms with Gasteiger partial charge in [0.15, 0.2) is 0 Å². The van der Waals surface area contributed by atoms with Gasteiger partial charge in [-0.1, -0.05) is 17.7 Å². The van der Waals surface area contributed by atoms with Gasteiger partial charge in [0.2, 0.25) is 5.91 Å². The third-order valence-corrected chi connectivity index (χ3v) is 5.02. The van der Waals surface area contributed by atoms with E-state index in [1.54, 1.807) is 0 Å². The second-order valence-electron chi connectivity index (χ2n) is 6.55. The van der Waals surface area contributed by atoms with Gasteiger partial charge in [-0.15, -0.1) is 0 Å². The topological polar surface area (TPSA) is 79.5 Å². The summed E-state index contributed by atoms with van der Waals surface area (Å²) >= 11 is 5.70. The first kappa shape index (κ1) is 18.8. The molecule has 0 aromatic heterocycles. The van der Waals surface area contributed by atoms with Crippen molar-refractivity contribution in [3.8, 4) is 0 Å². The van der Waals surface area contributed by atoms with Gasteiger partial charge >= 0.3 is 6.03 Å². The highest BCUT2D eigenvalue weighted by atomic mass is 35.5. The predicted molar refractivity (Wildman–Crippen MR) is 90.7 cm³/mol. The van der Waals surface area contributed by atoms with Crippen molar-refractivity contribution in [3.63, 3.8) is 0 Å². The van der Waals surface area contributed by atoms with E-state index >= 15 is 0 Å². The zero-order valence-corrected chi connectivity index (χ0v) is 14.7. The summed E-state index contributed by atoms with van der Waals surface area (Å²) in [5.41, 5.74) is 0.118. The molecule has 0 saturated carbocycles. The SMILES string of the molecule is O=C1NC[C@@H](C(=O)NC(C[C@@H]2CCCOC2)c2ccc(F)c(Cl)c2F)N1. The summed E-state index contributed by atoms with van der Waals surface area (Å²) in [6.07, 6.45) is 2.21. The lowest BCUT2D eigenvalue weighted by Gasteiger charge is -2.28. The number of carbonyl (C=O) groups is 2. The summed E-state index contributed by atoms with van der Waals surface area (Å²) in [6.45, 7) is 1.35. The minimum atomic E-state index is -0.887. The van der Waals surface area contributed by atoms with E-state index < -0.39 is 40.7 Å². The predicted octanol–water partition coefficient (Wildman–Crippen LogP) is 2.27. The zero-order valence-electron chi connectivity index (χ0n) is 14.0. The monoisotopic (exact) mass is 387 g/mol. The van der Waals surface area contributed by atoms with Crippen LogP contribution in [0.15, 0.2) is 12.1 Å². The Kier molecular flexibility index (Phi) is 5.93. The fourth-order valence-corrected chi connectivity index (χ4v) is 3.46. The molecule has 1 unspecified atom stereocenters. The summed E-state index contributed by atoms with van der Waals surface area (Å²) in [5, 5.41) is 7.14. The van der Waals surface area contributed by atoms with Crippen LogP contribution in [0.3, 0.4) is 0 Å². The van der Waals surface area contributed by atoms with Crippen LogP contribution in [-0.2, 0) is 9.53 Å². The molecule has 3 N–H and O–H groups in total. The summed E-state index contributed by atoms with van der Waals surface area (Å²) in [5.74, 6) is -2.05. The molecule has 2 aliphatic rings. The van der Waals surface area contributed by atoms with Gasteiger partial charge in [-0.05, 0) is 31.2 Å². The molecule has 0 aliphatic carbocycles. The van der Waals surface area contributed by atoms with Gasteiger partial charge in [-0.2, -0.15) is 0 Å². The maximum atomic E-state index is 14.5. The number of amides is 3. The summed E-state index contributed by atoms with van der Waals surface area (Å²) in [7, 11) is 0. The normalized spacial score (nSPS) is 23.9. The van der Waals surface area contributed by atoms with E-state index in [1.165, 1.54) is 6.07 Å². The number of rotatable bonds is 5. The number of urea groups is 1. The first-order chi connectivity index (χ1) is 12.5. The van der Waals surface area contributed by atoms with Crippen molar-refractivity contribution in [2.75, 3.05) is 19.8 Å². The Balaban J connectivity index is 1.80. The first-order valence-corrected chi connectivity index (χ1v) is 8.89. The standard InChI is InChI=1S/C17H20ClF2N3O3/c18-14-11(19)4-3-10(15(14)20)12(6-9-2-1-5-26-8-9)22-16(24)13-7-21-17(25)23-13/h3-4,9,12-13H,1-2,5-8H2,(H,22,24)(H2,21,23,25)/t9-,12?,13-/m0/s1. The maximum absolute atomic E-state index is 14.5. The molecule has 3 amide bonds. The minimum Gasteiger partial charge on any atom is -0.381 e. The van der Waals surface area contributed by atoms with E-state index in [9.17, 15) is 18.4 Å². The van der Waals surface area contributed by atoms with Gasteiger partial charge in [0.25, 0.3) is 0 Å². The molecular formula is C17H20ClF2N3O3. The lowest BCUT2D eigenvalue weighted by Crippen LogP contribution is -2.45. The number of hydrogen-bond acceptors (Lipinski definition) is 3. The highest BCUT2D eigenvalue weighted by Gasteiger charge is 2.31. The molecule has 26 heavy (non-hydrogen) atoms. The lowest BCUT2D eigenvalue weighted by molar-refractivity contribution is -0.123. The number of halogens is 3. The molecule has 2 aliphatic heterocycles. The Morgan fingerprint density at radius 3 is 2.88 bits per heavy atom. The molecule has 0 spiro atoms. The van der Waals surface area contributed by atoms with E-state index in [-0.39, 0.29) is 18.0 Å².